The van der Waals surface area contributed by atoms with Gasteiger partial charge in [-0.25, -0.2) is 0 Å². The Balaban J connectivity index is 1.16. The van der Waals surface area contributed by atoms with Crippen molar-refractivity contribution in [2.45, 2.75) is 41.4 Å². The quantitative estimate of drug-likeness (QED) is 0.149. The lowest BCUT2D eigenvalue weighted by Gasteiger charge is -2.42. The second kappa shape index (κ2) is 14.4. The first kappa shape index (κ1) is 37.6. The van der Waals surface area contributed by atoms with Gasteiger partial charge in [0, 0.05) is 36.5 Å². The Morgan fingerprint density at radius 2 is 1.00 bits per heavy atom. The predicted octanol–water partition coefficient (Wildman–Crippen LogP) is 13.7. The van der Waals surface area contributed by atoms with Crippen molar-refractivity contribution in [1.29, 1.82) is 0 Å². The summed E-state index contributed by atoms with van der Waals surface area (Å²) in [5.41, 5.74) is 9.07. The zero-order valence-electron chi connectivity index (χ0n) is 34.4. The first-order chi connectivity index (χ1) is 29.8. The monoisotopic (exact) mass is 821 g/mol. The molecule has 0 saturated heterocycles. The van der Waals surface area contributed by atoms with Crippen molar-refractivity contribution >= 4 is 67.4 Å². The number of hydrogen-bond acceptors (Lipinski definition) is 2. The van der Waals surface area contributed by atoms with Crippen LogP contribution in [-0.4, -0.2) is 4.57 Å². The average molecular weight is 822 g/mol. The predicted molar refractivity (Wildman–Crippen MR) is 259 cm³/mol. The molecule has 1 atom stereocenters. The summed E-state index contributed by atoms with van der Waals surface area (Å²) >= 11 is 1.79. The molecule has 0 aliphatic carbocycles. The van der Waals surface area contributed by atoms with E-state index >= 15 is 4.57 Å². The summed E-state index contributed by atoms with van der Waals surface area (Å²) in [6.07, 6.45) is 0. The Morgan fingerprint density at radius 1 is 0.475 bits per heavy atom. The SMILES string of the molecule is CC(C)(C)c1ccc(Sc2ccc(C3(c4ccc(P(=O)(c5ccccc5)c5ccccc5)cc4)c4ccccc4-n4c5ccc6ccccc6c5c5cccc3c54)cc2)cc1. The summed E-state index contributed by atoms with van der Waals surface area (Å²) < 4.78 is 18.1. The third kappa shape index (κ3) is 5.82. The van der Waals surface area contributed by atoms with Crippen LogP contribution in [0.25, 0.3) is 38.3 Å². The topological polar surface area (TPSA) is 22.0 Å². The van der Waals surface area contributed by atoms with Crippen LogP contribution in [0.5, 0.6) is 0 Å². The van der Waals surface area contributed by atoms with Crippen molar-refractivity contribution in [3.8, 4) is 5.69 Å². The second-order valence-electron chi connectivity index (χ2n) is 17.2. The van der Waals surface area contributed by atoms with E-state index in [1.807, 2.05) is 60.7 Å². The van der Waals surface area contributed by atoms with Crippen LogP contribution in [0.1, 0.15) is 48.6 Å². The van der Waals surface area contributed by atoms with Crippen molar-refractivity contribution in [3.63, 3.8) is 0 Å². The molecule has 0 amide bonds. The van der Waals surface area contributed by atoms with E-state index in [1.54, 1.807) is 11.8 Å². The standard InChI is InChI=1S/C57H44NOPS/c1-56(2,3)40-28-34-46(35-29-40)61-47-36-30-42(31-37-47)57(41-26-32-45(33-27-41)60(59,43-16-6-4-7-17-43)44-18-8-5-9-19-44)50-22-12-13-24-52(50)58-53-38-25-39-15-10-11-20-48(39)54(53)49-21-14-23-51(57)55(49)58/h4-38H,1-3H3. The number of fused-ring (bicyclic) bond motifs is 7. The van der Waals surface area contributed by atoms with Gasteiger partial charge in [0.05, 0.1) is 22.1 Å². The summed E-state index contributed by atoms with van der Waals surface area (Å²) in [5, 5.41) is 7.47. The Kier molecular flexibility index (Phi) is 8.86. The van der Waals surface area contributed by atoms with Gasteiger partial charge in [-0.1, -0.05) is 208 Å². The average Bonchev–Trinajstić information content (AvgIpc) is 3.66. The van der Waals surface area contributed by atoms with Crippen molar-refractivity contribution in [3.05, 3.63) is 240 Å². The van der Waals surface area contributed by atoms with E-state index < -0.39 is 12.6 Å². The molecule has 1 aromatic heterocycles. The largest absolute Gasteiger partial charge is 0.309 e. The highest BCUT2D eigenvalue weighted by atomic mass is 32.2. The minimum Gasteiger partial charge on any atom is -0.309 e. The number of nitrogens with zero attached hydrogens (tertiary/aromatic N) is 1. The summed E-state index contributed by atoms with van der Waals surface area (Å²) in [5.74, 6) is 0. The van der Waals surface area contributed by atoms with Gasteiger partial charge in [0.25, 0.3) is 0 Å². The summed E-state index contributed by atoms with van der Waals surface area (Å²) in [4.78, 5) is 2.41. The summed E-state index contributed by atoms with van der Waals surface area (Å²) in [6, 6.07) is 76.0. The van der Waals surface area contributed by atoms with E-state index in [2.05, 4.69) is 177 Å². The van der Waals surface area contributed by atoms with Crippen molar-refractivity contribution in [2.75, 3.05) is 0 Å². The van der Waals surface area contributed by atoms with E-state index in [1.165, 1.54) is 64.6 Å². The van der Waals surface area contributed by atoms with Gasteiger partial charge in [-0.3, -0.25) is 0 Å². The normalized spacial score (nSPS) is 15.0. The molecule has 61 heavy (non-hydrogen) atoms. The van der Waals surface area contributed by atoms with Gasteiger partial charge in [0.2, 0.25) is 0 Å². The van der Waals surface area contributed by atoms with Crippen LogP contribution in [0.3, 0.4) is 0 Å². The van der Waals surface area contributed by atoms with Gasteiger partial charge in [-0.2, -0.15) is 0 Å². The van der Waals surface area contributed by atoms with Crippen molar-refractivity contribution in [1.82, 2.24) is 4.57 Å². The fraction of sp³-hybridized carbons (Fsp3) is 0.0877. The molecule has 4 heteroatoms. The van der Waals surface area contributed by atoms with E-state index in [9.17, 15) is 0 Å². The number of rotatable bonds is 7. The molecule has 1 aliphatic heterocycles. The van der Waals surface area contributed by atoms with Gasteiger partial charge in [0.15, 0.2) is 7.14 Å². The third-order valence-corrected chi connectivity index (χ3v) is 16.9. The van der Waals surface area contributed by atoms with Gasteiger partial charge in [-0.05, 0) is 80.4 Å². The number of benzene rings is 9. The van der Waals surface area contributed by atoms with Gasteiger partial charge in [-0.15, -0.1) is 0 Å². The molecule has 0 N–H and O–H groups in total. The fourth-order valence-corrected chi connectivity index (χ4v) is 13.3. The summed E-state index contributed by atoms with van der Waals surface area (Å²) in [7, 11) is -3.20. The minimum atomic E-state index is -3.20. The maximum atomic E-state index is 15.6. The molecule has 294 valence electrons. The molecule has 1 unspecified atom stereocenters. The van der Waals surface area contributed by atoms with Crippen LogP contribution in [0, 0.1) is 0 Å². The smallest absolute Gasteiger partial charge is 0.171 e. The highest BCUT2D eigenvalue weighted by Crippen LogP contribution is 2.55. The zero-order valence-corrected chi connectivity index (χ0v) is 36.1. The molecule has 10 aromatic rings. The molecule has 0 spiro atoms. The molecule has 2 heterocycles. The Labute approximate surface area is 361 Å². The van der Waals surface area contributed by atoms with E-state index in [4.69, 9.17) is 0 Å². The zero-order chi connectivity index (χ0) is 41.3. The summed E-state index contributed by atoms with van der Waals surface area (Å²) in [6.45, 7) is 6.77. The Bertz CT molecular complexity index is 3270. The molecule has 0 radical (unpaired) electrons. The van der Waals surface area contributed by atoms with Crippen molar-refractivity contribution < 1.29 is 4.57 Å². The van der Waals surface area contributed by atoms with Gasteiger partial charge >= 0.3 is 0 Å². The van der Waals surface area contributed by atoms with E-state index in [-0.39, 0.29) is 5.41 Å². The maximum Gasteiger partial charge on any atom is 0.171 e. The number of hydrogen-bond donors (Lipinski definition) is 0. The van der Waals surface area contributed by atoms with Crippen LogP contribution in [0.4, 0.5) is 0 Å². The lowest BCUT2D eigenvalue weighted by Crippen LogP contribution is -2.35. The number of aromatic nitrogens is 1. The molecular formula is C57H44NOPS. The molecule has 0 bridgehead atoms. The van der Waals surface area contributed by atoms with Crippen LogP contribution in [-0.2, 0) is 15.4 Å². The van der Waals surface area contributed by atoms with E-state index in [0.29, 0.717) is 0 Å². The Hall–Kier alpha value is -6.38. The van der Waals surface area contributed by atoms with Gasteiger partial charge < -0.3 is 9.13 Å². The first-order valence-electron chi connectivity index (χ1n) is 21.0. The number of para-hydroxylation sites is 2. The highest BCUT2D eigenvalue weighted by molar-refractivity contribution is 7.99. The molecule has 2 nitrogen and oxygen atoms in total. The second-order valence-corrected chi connectivity index (χ2v) is 21.1. The maximum absolute atomic E-state index is 15.6. The lowest BCUT2D eigenvalue weighted by atomic mass is 9.63. The molecular weight excluding hydrogens is 778 g/mol. The van der Waals surface area contributed by atoms with Crippen LogP contribution >= 0.6 is 18.9 Å². The molecule has 11 rings (SSSR count). The van der Waals surface area contributed by atoms with Crippen LogP contribution in [0.15, 0.2) is 222 Å². The van der Waals surface area contributed by atoms with Crippen molar-refractivity contribution in [2.24, 2.45) is 0 Å². The lowest BCUT2D eigenvalue weighted by molar-refractivity contribution is 0.589. The molecule has 0 saturated carbocycles. The highest BCUT2D eigenvalue weighted by Gasteiger charge is 2.45. The van der Waals surface area contributed by atoms with Gasteiger partial charge in [0.1, 0.15) is 0 Å². The van der Waals surface area contributed by atoms with E-state index in [0.717, 1.165) is 27.2 Å². The molecule has 0 fully saturated rings. The Morgan fingerprint density at radius 3 is 1.66 bits per heavy atom. The third-order valence-electron chi connectivity index (χ3n) is 12.8. The van der Waals surface area contributed by atoms with Crippen LogP contribution < -0.4 is 15.9 Å². The fourth-order valence-electron chi connectivity index (χ4n) is 9.88. The van der Waals surface area contributed by atoms with Crippen LogP contribution in [0.2, 0.25) is 0 Å². The molecule has 9 aromatic carbocycles. The first-order valence-corrected chi connectivity index (χ1v) is 23.6. The molecule has 1 aliphatic rings. The minimum absolute atomic E-state index is 0.106.